The van der Waals surface area contributed by atoms with Gasteiger partial charge in [-0.15, -0.1) is 0 Å². The molecule has 1 aliphatic rings. The lowest BCUT2D eigenvalue weighted by Gasteiger charge is -2.48. The fourth-order valence-electron chi connectivity index (χ4n) is 2.38. The number of hydrogen-bond acceptors (Lipinski definition) is 6. The van der Waals surface area contributed by atoms with Crippen LogP contribution in [0.2, 0.25) is 0 Å². The minimum atomic E-state index is -1.40. The van der Waals surface area contributed by atoms with Crippen molar-refractivity contribution >= 4 is 5.97 Å². The van der Waals surface area contributed by atoms with Crippen molar-refractivity contribution in [1.82, 2.24) is 0 Å². The first-order valence-electron chi connectivity index (χ1n) is 7.82. The van der Waals surface area contributed by atoms with Crippen LogP contribution in [0.3, 0.4) is 0 Å². The molecule has 7 nitrogen and oxygen atoms in total. The van der Waals surface area contributed by atoms with E-state index in [9.17, 15) is 20.1 Å². The Labute approximate surface area is 137 Å². The van der Waals surface area contributed by atoms with Crippen molar-refractivity contribution in [3.63, 3.8) is 0 Å². The summed E-state index contributed by atoms with van der Waals surface area (Å²) in [5, 5.41) is 30.3. The average molecular weight is 334 g/mol. The molecule has 7 heteroatoms. The lowest BCUT2D eigenvalue weighted by molar-refractivity contribution is -0.287. The zero-order chi connectivity index (χ0) is 18.2. The van der Waals surface area contributed by atoms with Gasteiger partial charge in [-0.25, -0.2) is 4.79 Å². The van der Waals surface area contributed by atoms with Crippen molar-refractivity contribution in [2.75, 3.05) is 7.11 Å². The summed E-state index contributed by atoms with van der Waals surface area (Å²) in [5.74, 6) is -1.17. The minimum Gasteiger partial charge on any atom is -0.479 e. The Bertz CT molecular complexity index is 419. The highest BCUT2D eigenvalue weighted by atomic mass is 16.6. The molecule has 0 spiro atoms. The lowest BCUT2D eigenvalue weighted by atomic mass is 9.85. The molecule has 0 radical (unpaired) electrons. The van der Waals surface area contributed by atoms with Gasteiger partial charge in [-0.05, 0) is 33.6 Å². The quantitative estimate of drug-likeness (QED) is 0.660. The molecule has 136 valence electrons. The van der Waals surface area contributed by atoms with E-state index in [1.54, 1.807) is 27.7 Å². The summed E-state index contributed by atoms with van der Waals surface area (Å²) in [6, 6.07) is 0. The van der Waals surface area contributed by atoms with Gasteiger partial charge >= 0.3 is 5.97 Å². The molecule has 23 heavy (non-hydrogen) atoms. The smallest absolute Gasteiger partial charge is 0.335 e. The topological polar surface area (TPSA) is 105 Å². The van der Waals surface area contributed by atoms with Crippen LogP contribution in [-0.4, -0.2) is 70.1 Å². The van der Waals surface area contributed by atoms with Gasteiger partial charge in [0.05, 0.1) is 11.2 Å². The number of aliphatic hydroxyl groups excluding tert-OH is 2. The maximum atomic E-state index is 11.6. The molecule has 1 fully saturated rings. The fraction of sp³-hybridized carbons (Fsp3) is 0.938. The SMILES string of the molecule is COC(C)(C)[C@@H]1O[C@H](C(=O)O)[C@@H](OC(C)(C)C(C)C)[C@H](O)[C@@H]1O. The Balaban J connectivity index is 3.11. The summed E-state index contributed by atoms with van der Waals surface area (Å²) >= 11 is 0. The highest BCUT2D eigenvalue weighted by Crippen LogP contribution is 2.34. The summed E-state index contributed by atoms with van der Waals surface area (Å²) < 4.78 is 16.7. The summed E-state index contributed by atoms with van der Waals surface area (Å²) in [5.41, 5.74) is -1.65. The number of rotatable bonds is 6. The molecule has 1 aliphatic heterocycles. The molecule has 0 aliphatic carbocycles. The number of carbonyl (C=O) groups is 1. The van der Waals surface area contributed by atoms with Crippen LogP contribution in [-0.2, 0) is 19.0 Å². The van der Waals surface area contributed by atoms with E-state index in [0.29, 0.717) is 0 Å². The Morgan fingerprint density at radius 2 is 1.65 bits per heavy atom. The number of ether oxygens (including phenoxy) is 3. The summed E-state index contributed by atoms with van der Waals surface area (Å²) in [6.45, 7) is 10.8. The van der Waals surface area contributed by atoms with Gasteiger partial charge in [0.25, 0.3) is 0 Å². The van der Waals surface area contributed by atoms with Gasteiger partial charge in [0.15, 0.2) is 6.10 Å². The second-order valence-corrected chi connectivity index (χ2v) is 7.44. The van der Waals surface area contributed by atoms with Crippen LogP contribution in [0.15, 0.2) is 0 Å². The van der Waals surface area contributed by atoms with E-state index in [2.05, 4.69) is 0 Å². The molecule has 0 unspecified atom stereocenters. The number of carboxylic acid groups (broad SMARTS) is 1. The standard InChI is InChI=1S/C16H30O7/c1-8(2)15(3,4)23-11-9(17)10(18)13(16(5,6)21-7)22-12(11)14(19)20/h8-13,17-18H,1-7H3,(H,19,20)/t9-,10+,11+,12+,13-/m1/s1. The largest absolute Gasteiger partial charge is 0.479 e. The molecule has 1 saturated heterocycles. The zero-order valence-electron chi connectivity index (χ0n) is 14.9. The third kappa shape index (κ3) is 4.22. The molecule has 3 N–H and O–H groups in total. The third-order valence-corrected chi connectivity index (χ3v) is 4.87. The second-order valence-electron chi connectivity index (χ2n) is 7.44. The molecule has 1 heterocycles. The highest BCUT2D eigenvalue weighted by Gasteiger charge is 2.54. The molecule has 0 saturated carbocycles. The van der Waals surface area contributed by atoms with E-state index in [1.165, 1.54) is 7.11 Å². The summed E-state index contributed by atoms with van der Waals surface area (Å²) in [7, 11) is 1.43. The van der Waals surface area contributed by atoms with Gasteiger partial charge in [0.2, 0.25) is 0 Å². The Morgan fingerprint density at radius 3 is 2.04 bits per heavy atom. The molecule has 1 rings (SSSR count). The molecule has 0 bridgehead atoms. The van der Waals surface area contributed by atoms with E-state index < -0.39 is 47.7 Å². The number of aliphatic hydroxyl groups is 2. The first kappa shape index (κ1) is 20.3. The second kappa shape index (κ2) is 7.03. The first-order chi connectivity index (χ1) is 10.3. The highest BCUT2D eigenvalue weighted by molar-refractivity contribution is 5.73. The van der Waals surface area contributed by atoms with Gasteiger partial charge in [0, 0.05) is 7.11 Å². The molecule has 0 aromatic rings. The van der Waals surface area contributed by atoms with Crippen LogP contribution < -0.4 is 0 Å². The third-order valence-electron chi connectivity index (χ3n) is 4.87. The van der Waals surface area contributed by atoms with Crippen molar-refractivity contribution in [1.29, 1.82) is 0 Å². The van der Waals surface area contributed by atoms with Gasteiger partial charge < -0.3 is 29.5 Å². The number of methoxy groups -OCH3 is 1. The van der Waals surface area contributed by atoms with Crippen LogP contribution in [0.5, 0.6) is 0 Å². The Hall–Kier alpha value is -0.730. The number of hydrogen-bond donors (Lipinski definition) is 3. The summed E-state index contributed by atoms with van der Waals surface area (Å²) in [4.78, 5) is 11.6. The van der Waals surface area contributed by atoms with Crippen LogP contribution >= 0.6 is 0 Å². The van der Waals surface area contributed by atoms with E-state index in [1.807, 2.05) is 13.8 Å². The predicted octanol–water partition coefficient (Wildman–Crippen LogP) is 0.805. The van der Waals surface area contributed by atoms with E-state index in [4.69, 9.17) is 14.2 Å². The normalized spacial score (nSPS) is 33.0. The van der Waals surface area contributed by atoms with Crippen molar-refractivity contribution in [3.8, 4) is 0 Å². The minimum absolute atomic E-state index is 0.0782. The van der Waals surface area contributed by atoms with E-state index >= 15 is 0 Å². The van der Waals surface area contributed by atoms with Crippen LogP contribution in [0, 0.1) is 5.92 Å². The molecule has 0 amide bonds. The van der Waals surface area contributed by atoms with Crippen molar-refractivity contribution in [2.45, 2.75) is 83.3 Å². The van der Waals surface area contributed by atoms with Crippen molar-refractivity contribution < 1.29 is 34.3 Å². The fourth-order valence-corrected chi connectivity index (χ4v) is 2.38. The number of aliphatic carboxylic acids is 1. The molecule has 5 atom stereocenters. The predicted molar refractivity (Wildman–Crippen MR) is 83.2 cm³/mol. The first-order valence-corrected chi connectivity index (χ1v) is 7.82. The monoisotopic (exact) mass is 334 g/mol. The van der Waals surface area contributed by atoms with Crippen LogP contribution in [0.25, 0.3) is 0 Å². The maximum Gasteiger partial charge on any atom is 0.335 e. The van der Waals surface area contributed by atoms with Crippen molar-refractivity contribution in [3.05, 3.63) is 0 Å². The van der Waals surface area contributed by atoms with Gasteiger partial charge in [-0.3, -0.25) is 0 Å². The molecule has 0 aromatic carbocycles. The Morgan fingerprint density at radius 1 is 1.13 bits per heavy atom. The molecular weight excluding hydrogens is 304 g/mol. The van der Waals surface area contributed by atoms with Crippen molar-refractivity contribution in [2.24, 2.45) is 5.92 Å². The molecular formula is C16H30O7. The number of carboxylic acids is 1. The van der Waals surface area contributed by atoms with Gasteiger partial charge in [-0.1, -0.05) is 13.8 Å². The molecule has 0 aromatic heterocycles. The van der Waals surface area contributed by atoms with E-state index in [-0.39, 0.29) is 5.92 Å². The zero-order valence-corrected chi connectivity index (χ0v) is 14.9. The lowest BCUT2D eigenvalue weighted by Crippen LogP contribution is -2.66. The average Bonchev–Trinajstić information content (AvgIpc) is 2.43. The van der Waals surface area contributed by atoms with Gasteiger partial charge in [-0.2, -0.15) is 0 Å². The van der Waals surface area contributed by atoms with Crippen LogP contribution in [0.4, 0.5) is 0 Å². The Kier molecular flexibility index (Phi) is 6.21. The van der Waals surface area contributed by atoms with Crippen LogP contribution in [0.1, 0.15) is 41.5 Å². The van der Waals surface area contributed by atoms with Gasteiger partial charge in [0.1, 0.15) is 24.4 Å². The maximum absolute atomic E-state index is 11.6. The van der Waals surface area contributed by atoms with E-state index in [0.717, 1.165) is 0 Å². The summed E-state index contributed by atoms with van der Waals surface area (Å²) in [6.07, 6.45) is -6.30.